The van der Waals surface area contributed by atoms with E-state index in [0.29, 0.717) is 5.56 Å². The summed E-state index contributed by atoms with van der Waals surface area (Å²) in [6, 6.07) is 24.7. The third-order valence-corrected chi connectivity index (χ3v) is 5.16. The predicted molar refractivity (Wildman–Crippen MR) is 119 cm³/mol. The van der Waals surface area contributed by atoms with Crippen molar-refractivity contribution in [2.75, 3.05) is 6.61 Å². The van der Waals surface area contributed by atoms with Crippen LogP contribution in [-0.4, -0.2) is 54.2 Å². The van der Waals surface area contributed by atoms with E-state index in [1.54, 1.807) is 91.0 Å². The highest BCUT2D eigenvalue weighted by molar-refractivity contribution is 5.90. The molecule has 0 amide bonds. The molecule has 3 aromatic rings. The summed E-state index contributed by atoms with van der Waals surface area (Å²) < 4.78 is 21.8. The summed E-state index contributed by atoms with van der Waals surface area (Å²) in [4.78, 5) is 37.4. The lowest BCUT2D eigenvalue weighted by Gasteiger charge is -2.20. The summed E-state index contributed by atoms with van der Waals surface area (Å²) in [5.74, 6) is -2.04. The van der Waals surface area contributed by atoms with Crippen molar-refractivity contribution in [1.82, 2.24) is 0 Å². The highest BCUT2D eigenvalue weighted by Crippen LogP contribution is 2.27. The molecule has 34 heavy (non-hydrogen) atoms. The highest BCUT2D eigenvalue weighted by atomic mass is 16.7. The number of carbonyl (C=O) groups excluding carboxylic acids is 3. The number of esters is 3. The van der Waals surface area contributed by atoms with Crippen LogP contribution in [0.25, 0.3) is 0 Å². The Morgan fingerprint density at radius 2 is 1.12 bits per heavy atom. The second-order valence-corrected chi connectivity index (χ2v) is 7.51. The van der Waals surface area contributed by atoms with Crippen LogP contribution in [0.5, 0.6) is 0 Å². The van der Waals surface area contributed by atoms with E-state index in [0.717, 1.165) is 0 Å². The first-order valence-electron chi connectivity index (χ1n) is 10.6. The standard InChI is InChI=1S/C26H22O8/c27-21-22(33-24(29)18-12-6-2-7-13-18)20(16-31-23(28)17-10-4-1-5-11-17)32-26(21)34-25(30)19-14-8-3-9-15-19/h1-15,20-22,26-27H,16H2/t20-,21?,22+,26-/m0/s1. The minimum atomic E-state index is -1.50. The number of benzene rings is 3. The number of aliphatic hydroxyl groups is 1. The molecule has 8 heteroatoms. The lowest BCUT2D eigenvalue weighted by atomic mass is 10.1. The van der Waals surface area contributed by atoms with Crippen molar-refractivity contribution >= 4 is 17.9 Å². The highest BCUT2D eigenvalue weighted by Gasteiger charge is 2.49. The molecule has 1 saturated heterocycles. The quantitative estimate of drug-likeness (QED) is 0.422. The van der Waals surface area contributed by atoms with Gasteiger partial charge in [0.1, 0.15) is 12.7 Å². The van der Waals surface area contributed by atoms with Gasteiger partial charge >= 0.3 is 17.9 Å². The maximum absolute atomic E-state index is 12.6. The second kappa shape index (κ2) is 10.7. The molecular weight excluding hydrogens is 440 g/mol. The summed E-state index contributed by atoms with van der Waals surface area (Å²) in [6.07, 6.45) is -5.24. The molecule has 0 spiro atoms. The van der Waals surface area contributed by atoms with Crippen LogP contribution in [0.2, 0.25) is 0 Å². The van der Waals surface area contributed by atoms with Crippen molar-refractivity contribution < 1.29 is 38.4 Å². The summed E-state index contributed by atoms with van der Waals surface area (Å²) in [5.41, 5.74) is 0.848. The van der Waals surface area contributed by atoms with E-state index < -0.39 is 42.5 Å². The van der Waals surface area contributed by atoms with Crippen LogP contribution in [0.1, 0.15) is 31.1 Å². The molecule has 1 aliphatic heterocycles. The van der Waals surface area contributed by atoms with Gasteiger partial charge in [0.25, 0.3) is 0 Å². The van der Waals surface area contributed by atoms with Crippen LogP contribution in [-0.2, 0) is 18.9 Å². The Morgan fingerprint density at radius 3 is 1.62 bits per heavy atom. The molecule has 0 aromatic heterocycles. The maximum atomic E-state index is 12.6. The molecule has 1 N–H and O–H groups in total. The molecule has 0 saturated carbocycles. The van der Waals surface area contributed by atoms with E-state index in [2.05, 4.69) is 0 Å². The average Bonchev–Trinajstić information content (AvgIpc) is 3.17. The van der Waals surface area contributed by atoms with E-state index in [9.17, 15) is 19.5 Å². The van der Waals surface area contributed by atoms with Crippen molar-refractivity contribution in [2.24, 2.45) is 0 Å². The molecule has 4 atom stereocenters. The Balaban J connectivity index is 1.47. The van der Waals surface area contributed by atoms with E-state index in [-0.39, 0.29) is 17.7 Å². The first-order valence-corrected chi connectivity index (χ1v) is 10.6. The summed E-state index contributed by atoms with van der Waals surface area (Å²) >= 11 is 0. The zero-order valence-electron chi connectivity index (χ0n) is 18.0. The molecule has 8 nitrogen and oxygen atoms in total. The molecule has 4 rings (SSSR count). The van der Waals surface area contributed by atoms with Gasteiger partial charge in [-0.1, -0.05) is 54.6 Å². The molecule has 0 aliphatic carbocycles. The van der Waals surface area contributed by atoms with Crippen molar-refractivity contribution in [2.45, 2.75) is 24.6 Å². The van der Waals surface area contributed by atoms with Gasteiger partial charge in [-0.3, -0.25) is 0 Å². The van der Waals surface area contributed by atoms with Gasteiger partial charge < -0.3 is 24.1 Å². The monoisotopic (exact) mass is 462 g/mol. The fourth-order valence-electron chi connectivity index (χ4n) is 3.41. The topological polar surface area (TPSA) is 108 Å². The molecule has 1 unspecified atom stereocenters. The summed E-state index contributed by atoms with van der Waals surface area (Å²) in [6.45, 7) is -0.336. The van der Waals surface area contributed by atoms with Gasteiger partial charge in [0.15, 0.2) is 12.2 Å². The Kier molecular flexibility index (Phi) is 7.31. The second-order valence-electron chi connectivity index (χ2n) is 7.51. The van der Waals surface area contributed by atoms with Crippen LogP contribution in [0.4, 0.5) is 0 Å². The van der Waals surface area contributed by atoms with Crippen LogP contribution >= 0.6 is 0 Å². The van der Waals surface area contributed by atoms with E-state index in [1.165, 1.54) is 0 Å². The fourth-order valence-corrected chi connectivity index (χ4v) is 3.41. The van der Waals surface area contributed by atoms with Crippen molar-refractivity contribution in [1.29, 1.82) is 0 Å². The lowest BCUT2D eigenvalue weighted by molar-refractivity contribution is -0.139. The first-order chi connectivity index (χ1) is 16.5. The smallest absolute Gasteiger partial charge is 0.340 e. The molecule has 1 fully saturated rings. The number of carbonyl (C=O) groups is 3. The zero-order chi connectivity index (χ0) is 23.9. The Morgan fingerprint density at radius 1 is 0.676 bits per heavy atom. The molecule has 3 aromatic carbocycles. The van der Waals surface area contributed by atoms with Crippen molar-refractivity contribution in [3.63, 3.8) is 0 Å². The molecule has 1 aliphatic rings. The van der Waals surface area contributed by atoms with Gasteiger partial charge in [0.2, 0.25) is 6.29 Å². The Hall–Kier alpha value is -4.01. The van der Waals surface area contributed by atoms with E-state index in [1.807, 2.05) is 0 Å². The fraction of sp³-hybridized carbons (Fsp3) is 0.192. The van der Waals surface area contributed by atoms with Gasteiger partial charge in [-0.25, -0.2) is 14.4 Å². The molecular formula is C26H22O8. The van der Waals surface area contributed by atoms with Gasteiger partial charge in [0.05, 0.1) is 16.7 Å². The minimum absolute atomic E-state index is 0.259. The van der Waals surface area contributed by atoms with Gasteiger partial charge in [-0.2, -0.15) is 0 Å². The molecule has 1 heterocycles. The van der Waals surface area contributed by atoms with Crippen LogP contribution in [0.3, 0.4) is 0 Å². The summed E-state index contributed by atoms with van der Waals surface area (Å²) in [5, 5.41) is 10.8. The van der Waals surface area contributed by atoms with E-state index >= 15 is 0 Å². The first kappa shape index (κ1) is 23.2. The van der Waals surface area contributed by atoms with Gasteiger partial charge in [-0.05, 0) is 36.4 Å². The number of hydrogen-bond donors (Lipinski definition) is 1. The lowest BCUT2D eigenvalue weighted by Crippen LogP contribution is -2.40. The van der Waals surface area contributed by atoms with E-state index in [4.69, 9.17) is 18.9 Å². The zero-order valence-corrected chi connectivity index (χ0v) is 18.0. The summed E-state index contributed by atoms with van der Waals surface area (Å²) in [7, 11) is 0. The average molecular weight is 462 g/mol. The van der Waals surface area contributed by atoms with Crippen LogP contribution in [0.15, 0.2) is 91.0 Å². The molecule has 174 valence electrons. The van der Waals surface area contributed by atoms with Gasteiger partial charge in [-0.15, -0.1) is 0 Å². The third kappa shape index (κ3) is 5.48. The van der Waals surface area contributed by atoms with Crippen molar-refractivity contribution in [3.05, 3.63) is 108 Å². The number of hydrogen-bond acceptors (Lipinski definition) is 8. The number of aliphatic hydroxyl groups excluding tert-OH is 1. The van der Waals surface area contributed by atoms with Crippen LogP contribution in [0, 0.1) is 0 Å². The Labute approximate surface area is 195 Å². The number of rotatable bonds is 7. The van der Waals surface area contributed by atoms with Gasteiger partial charge in [0, 0.05) is 0 Å². The maximum Gasteiger partial charge on any atom is 0.340 e. The SMILES string of the molecule is O=C(OC[C@@H]1O[C@@H](OC(=O)c2ccccc2)C(O)[C@@H]1OC(=O)c1ccccc1)c1ccccc1. The predicted octanol–water partition coefficient (Wildman–Crippen LogP) is 3.01. The molecule has 0 bridgehead atoms. The normalized spacial score (nSPS) is 21.4. The molecule has 0 radical (unpaired) electrons. The van der Waals surface area contributed by atoms with Crippen molar-refractivity contribution in [3.8, 4) is 0 Å². The minimum Gasteiger partial charge on any atom is -0.459 e. The Bertz CT molecular complexity index is 1120. The number of ether oxygens (including phenoxy) is 4. The third-order valence-electron chi connectivity index (χ3n) is 5.16. The largest absolute Gasteiger partial charge is 0.459 e. The van der Waals surface area contributed by atoms with Crippen LogP contribution < -0.4 is 0 Å².